The first-order valence-electron chi connectivity index (χ1n) is 12.8. The zero-order valence-corrected chi connectivity index (χ0v) is 28.3. The van der Waals surface area contributed by atoms with Gasteiger partial charge in [-0.05, 0) is 64.0 Å². The maximum absolute atomic E-state index is 12.9. The molecule has 0 amide bonds. The molecule has 50 heavy (non-hydrogen) atoms. The Morgan fingerprint density at radius 1 is 0.980 bits per heavy atom. The van der Waals surface area contributed by atoms with Crippen molar-refractivity contribution in [2.24, 2.45) is 10.2 Å². The minimum atomic E-state index is -4.90. The maximum Gasteiger partial charge on any atom is 0.444 e. The van der Waals surface area contributed by atoms with E-state index >= 15 is 0 Å². The third kappa shape index (κ3) is 10.9. The second kappa shape index (κ2) is 17.2. The largest absolute Gasteiger partial charge is 0.478 e. The van der Waals surface area contributed by atoms with Gasteiger partial charge in [-0.25, -0.2) is 32.5 Å². The van der Waals surface area contributed by atoms with E-state index < -0.39 is 38.6 Å². The molecule has 0 atom stereocenters. The zero-order valence-electron chi connectivity index (χ0n) is 24.3. The van der Waals surface area contributed by atoms with Gasteiger partial charge in [0.05, 0.1) is 74.8 Å². The third-order valence-electron chi connectivity index (χ3n) is 5.70. The van der Waals surface area contributed by atoms with E-state index in [-0.39, 0.29) is 60.2 Å². The lowest BCUT2D eigenvalue weighted by Gasteiger charge is -2.11. The van der Waals surface area contributed by atoms with Gasteiger partial charge in [-0.1, -0.05) is 10.1 Å². The van der Waals surface area contributed by atoms with Crippen molar-refractivity contribution in [3.05, 3.63) is 65.7 Å². The Balaban J connectivity index is 1.76. The Labute approximate surface area is 293 Å². The number of sulfone groups is 1. The molecule has 22 nitrogen and oxygen atoms in total. The number of nitrogens with two attached hydrogens (primary N) is 1. The highest BCUT2D eigenvalue weighted by Gasteiger charge is 2.22. The van der Waals surface area contributed by atoms with E-state index in [1.165, 1.54) is 47.3 Å². The van der Waals surface area contributed by atoms with Crippen LogP contribution in [0.4, 0.5) is 28.7 Å². The Hall–Kier alpha value is -4.16. The molecule has 0 bridgehead atoms. The van der Waals surface area contributed by atoms with Gasteiger partial charge >= 0.3 is 33.5 Å². The van der Waals surface area contributed by atoms with Gasteiger partial charge in [-0.3, -0.25) is 4.55 Å². The summed E-state index contributed by atoms with van der Waals surface area (Å²) < 4.78 is 70.4. The highest BCUT2D eigenvalue weighted by atomic mass is 35.5. The highest BCUT2D eigenvalue weighted by Crippen LogP contribution is 2.40. The molecule has 4 rings (SSSR count). The molecule has 0 saturated carbocycles. The minimum Gasteiger partial charge on any atom is -0.478 e. The van der Waals surface area contributed by atoms with Crippen LogP contribution in [0.2, 0.25) is 5.28 Å². The monoisotopic (exact) mass is 795 g/mol. The Kier molecular flexibility index (Phi) is 13.3. The van der Waals surface area contributed by atoms with Gasteiger partial charge in [0.2, 0.25) is 0 Å². The molecule has 4 aromatic rings. The molecule has 0 saturated heterocycles. The van der Waals surface area contributed by atoms with E-state index in [0.717, 1.165) is 12.1 Å². The van der Waals surface area contributed by atoms with Crippen molar-refractivity contribution in [2.75, 3.05) is 23.4 Å². The average Bonchev–Trinajstić information content (AvgIpc) is 3.05. The first-order chi connectivity index (χ1) is 23.7. The Morgan fingerprint density at radius 3 is 2.36 bits per heavy atom. The lowest BCUT2D eigenvalue weighted by molar-refractivity contribution is -0.603. The summed E-state index contributed by atoms with van der Waals surface area (Å²) in [6, 6.07) is 8.75. The summed E-state index contributed by atoms with van der Waals surface area (Å²) in [4.78, 5) is 23.5. The topological polar surface area (TPSA) is 318 Å². The first-order valence-corrected chi connectivity index (χ1v) is 17.6. The molecule has 0 unspecified atom stereocenters. The number of nitrogen functional groups attached to an aromatic ring is 1. The number of halogens is 1. The van der Waals surface area contributed by atoms with Crippen LogP contribution in [0, 0.1) is 0 Å². The van der Waals surface area contributed by atoms with Gasteiger partial charge in [-0.15, -0.1) is 18.9 Å². The average molecular weight is 796 g/mol. The summed E-state index contributed by atoms with van der Waals surface area (Å²) in [7, 11) is -9.13. The SMILES string of the molecule is Nc1cc(Nc2nc(Cl)nc(-[n+]3cccc(C(=O)O)c3)n2)c(N=Nc2cc(S(=O)(=O)CCOS(=O)(=O)O)ccc2SOOO)cc1SOOO. The number of nitrogens with zero attached hydrogens (tertiary/aromatic N) is 6. The van der Waals surface area contributed by atoms with Crippen LogP contribution in [0.5, 0.6) is 0 Å². The third-order valence-corrected chi connectivity index (χ3v) is 9.32. The first kappa shape index (κ1) is 38.6. The maximum atomic E-state index is 12.9. The van der Waals surface area contributed by atoms with Crippen molar-refractivity contribution < 1.29 is 69.3 Å². The number of nitrogens with one attached hydrogen (secondary N) is 1. The van der Waals surface area contributed by atoms with E-state index in [1.807, 2.05) is 0 Å². The van der Waals surface area contributed by atoms with Crippen LogP contribution in [-0.4, -0.2) is 70.3 Å². The van der Waals surface area contributed by atoms with Crippen molar-refractivity contribution in [1.29, 1.82) is 0 Å². The zero-order chi connectivity index (χ0) is 36.5. The van der Waals surface area contributed by atoms with Crippen LogP contribution in [0.25, 0.3) is 5.95 Å². The number of carboxylic acids is 1. The fraction of sp³-hybridized carbons (Fsp3) is 0.0870. The van der Waals surface area contributed by atoms with Gasteiger partial charge in [0.1, 0.15) is 11.4 Å². The van der Waals surface area contributed by atoms with Gasteiger partial charge < -0.3 is 16.2 Å². The highest BCUT2D eigenvalue weighted by molar-refractivity contribution is 7.95. The number of rotatable bonds is 17. The number of carbonyl (C=O) groups is 1. The summed E-state index contributed by atoms with van der Waals surface area (Å²) in [5.41, 5.74) is 5.92. The van der Waals surface area contributed by atoms with Crippen molar-refractivity contribution >= 4 is 90.6 Å². The van der Waals surface area contributed by atoms with Crippen LogP contribution in [0.15, 0.2) is 79.8 Å². The molecule has 0 aliphatic rings. The number of benzene rings is 2. The molecule has 27 heteroatoms. The van der Waals surface area contributed by atoms with Crippen molar-refractivity contribution in [1.82, 2.24) is 15.0 Å². The standard InChI is InChI=1S/C23H19ClN8O14S4/c24-21-27-22(29-23(28-21)32-5-1-2-12(11-32)20(33)34)26-15-9-14(25)19(48-46-44-36)10-16(15)30-31-17-8-13(3-4-18(17)47-45-43-35)49(37,38)7-6-42-50(39,40)41/h1-5,8-11H,6-7H2,(H6-,25,26,27,28,29,31,33,34,35,36,39,40,41)/p+1. The lowest BCUT2D eigenvalue weighted by Crippen LogP contribution is -2.34. The van der Waals surface area contributed by atoms with Gasteiger partial charge in [-0.2, -0.15) is 13.4 Å². The second-order valence-corrected chi connectivity index (χ2v) is 13.9. The Bertz CT molecular complexity index is 2130. The van der Waals surface area contributed by atoms with Crippen LogP contribution in [0.1, 0.15) is 10.4 Å². The molecule has 0 aliphatic heterocycles. The van der Waals surface area contributed by atoms with Gasteiger partial charge in [0.15, 0.2) is 9.84 Å². The van der Waals surface area contributed by atoms with E-state index in [9.17, 15) is 26.7 Å². The van der Waals surface area contributed by atoms with Crippen LogP contribution >= 0.6 is 35.7 Å². The van der Waals surface area contributed by atoms with Crippen molar-refractivity contribution in [3.63, 3.8) is 0 Å². The molecule has 0 radical (unpaired) electrons. The number of anilines is 3. The molecular weight excluding hydrogens is 776 g/mol. The predicted octanol–water partition coefficient (Wildman–Crippen LogP) is 3.69. The lowest BCUT2D eigenvalue weighted by atomic mass is 10.2. The van der Waals surface area contributed by atoms with E-state index in [2.05, 4.69) is 53.4 Å². The molecule has 2 aromatic heterocycles. The Morgan fingerprint density at radius 2 is 1.68 bits per heavy atom. The summed E-state index contributed by atoms with van der Waals surface area (Å²) in [5.74, 6) is -2.33. The van der Waals surface area contributed by atoms with E-state index in [4.69, 9.17) is 32.4 Å². The summed E-state index contributed by atoms with van der Waals surface area (Å²) in [6.45, 7) is -0.900. The predicted molar refractivity (Wildman–Crippen MR) is 169 cm³/mol. The number of azo groups is 1. The summed E-state index contributed by atoms with van der Waals surface area (Å²) >= 11 is 7.01. The smallest absolute Gasteiger partial charge is 0.444 e. The molecule has 266 valence electrons. The minimum absolute atomic E-state index is 0.0438. The normalized spacial score (nSPS) is 12.0. The van der Waals surface area contributed by atoms with Crippen LogP contribution < -0.4 is 15.6 Å². The molecule has 0 fully saturated rings. The molecular formula is C23H20ClN8O14S4+. The molecule has 2 aromatic carbocycles. The van der Waals surface area contributed by atoms with E-state index in [1.54, 1.807) is 0 Å². The number of hydrogen-bond acceptors (Lipinski definition) is 21. The summed E-state index contributed by atoms with van der Waals surface area (Å²) in [5, 5.41) is 44.6. The van der Waals surface area contributed by atoms with E-state index in [0.29, 0.717) is 24.1 Å². The number of pyridine rings is 1. The van der Waals surface area contributed by atoms with Crippen molar-refractivity contribution in [2.45, 2.75) is 14.7 Å². The number of hydrogen-bond donors (Lipinski definition) is 6. The fourth-order valence-electron chi connectivity index (χ4n) is 3.62. The second-order valence-electron chi connectivity index (χ2n) is 8.92. The van der Waals surface area contributed by atoms with Gasteiger partial charge in [0.25, 0.3) is 0 Å². The number of aromatic carboxylic acids is 1. The van der Waals surface area contributed by atoms with Crippen LogP contribution in [-0.2, 0) is 43.2 Å². The number of aromatic nitrogens is 4. The molecule has 0 aliphatic carbocycles. The summed E-state index contributed by atoms with van der Waals surface area (Å²) in [6.07, 6.45) is 2.70. The van der Waals surface area contributed by atoms with Gasteiger partial charge in [0, 0.05) is 5.69 Å². The fourth-order valence-corrected chi connectivity index (χ4v) is 6.11. The van der Waals surface area contributed by atoms with Crippen molar-refractivity contribution in [3.8, 4) is 5.95 Å². The van der Waals surface area contributed by atoms with Crippen LogP contribution in [0.3, 0.4) is 0 Å². The number of carboxylic acid groups (broad SMARTS) is 1. The quantitative estimate of drug-likeness (QED) is 0.0169. The molecule has 0 spiro atoms. The molecule has 2 heterocycles. The molecule has 7 N–H and O–H groups in total.